The highest BCUT2D eigenvalue weighted by Gasteiger charge is 2.38. The molecule has 0 N–H and O–H groups in total. The van der Waals surface area contributed by atoms with Gasteiger partial charge in [-0.05, 0) is 113 Å². The molecule has 0 aromatic heterocycles. The lowest BCUT2D eigenvalue weighted by Crippen LogP contribution is -2.38. The van der Waals surface area contributed by atoms with Crippen LogP contribution < -0.4 is 20.9 Å². The maximum Gasteiger partial charge on any atom is 0.0222 e. The van der Waals surface area contributed by atoms with Crippen molar-refractivity contribution in [3.8, 4) is 11.1 Å². The maximum atomic E-state index is 2.53. The molecule has 0 saturated carbocycles. The van der Waals surface area contributed by atoms with Gasteiger partial charge in [0, 0.05) is 11.8 Å². The van der Waals surface area contributed by atoms with Crippen LogP contribution in [0.4, 0.5) is 0 Å². The van der Waals surface area contributed by atoms with Gasteiger partial charge in [0.05, 0.1) is 0 Å². The predicted octanol–water partition coefficient (Wildman–Crippen LogP) is 8.77. The first-order chi connectivity index (χ1) is 21.7. The maximum absolute atomic E-state index is 2.53. The molecule has 4 aliphatic rings. The van der Waals surface area contributed by atoms with Crippen molar-refractivity contribution >= 4 is 24.3 Å². The molecule has 4 aromatic carbocycles. The van der Waals surface area contributed by atoms with Gasteiger partial charge in [-0.2, -0.15) is 0 Å². The standard InChI is InChI=1S/C46H50/c1-43(2)17-18-44(3,4)40-26-30-22-33(21-29(30)25-39(40)43)35-13-9-11-15-37(35)38-16-12-10-14-36(38)34-23-31-27-41-42(28-32(31)24-34)46(7,8)20-19-45(41,5)6/h9-16,21-28,33-34H,17-20H2,1-8H3. The fourth-order valence-electron chi connectivity index (χ4n) is 9.17. The second-order valence-corrected chi connectivity index (χ2v) is 17.5. The molecule has 0 fully saturated rings. The van der Waals surface area contributed by atoms with Crippen LogP contribution in [0.25, 0.3) is 35.4 Å². The quantitative estimate of drug-likeness (QED) is 0.220. The Labute approximate surface area is 276 Å². The Kier molecular flexibility index (Phi) is 6.42. The molecule has 0 amide bonds. The molecule has 0 bridgehead atoms. The zero-order valence-corrected chi connectivity index (χ0v) is 29.2. The van der Waals surface area contributed by atoms with Crippen molar-refractivity contribution < 1.29 is 0 Å². The SMILES string of the molecule is CC1(C)CCC(C)(C)c2cc3c(cc21)=CC(c1ccccc1-c1ccccc1C1C=c2cc4c(cc2=C1)C(C)(C)CCC4(C)C)C=3. The van der Waals surface area contributed by atoms with Crippen molar-refractivity contribution in [1.29, 1.82) is 0 Å². The summed E-state index contributed by atoms with van der Waals surface area (Å²) in [6.07, 6.45) is 15.1. The van der Waals surface area contributed by atoms with Gasteiger partial charge >= 0.3 is 0 Å². The van der Waals surface area contributed by atoms with Gasteiger partial charge in [-0.1, -0.05) is 152 Å². The molecule has 0 saturated heterocycles. The summed E-state index contributed by atoms with van der Waals surface area (Å²) in [6.45, 7) is 19.5. The minimum Gasteiger partial charge on any atom is -0.0653 e. The minimum atomic E-state index is 0.222. The number of benzene rings is 4. The second-order valence-electron chi connectivity index (χ2n) is 17.5. The van der Waals surface area contributed by atoms with Gasteiger partial charge in [0.15, 0.2) is 0 Å². The summed E-state index contributed by atoms with van der Waals surface area (Å²) in [5.41, 5.74) is 12.6. The third-order valence-corrected chi connectivity index (χ3v) is 12.5. The molecule has 234 valence electrons. The summed E-state index contributed by atoms with van der Waals surface area (Å²) < 4.78 is 0. The fourth-order valence-corrected chi connectivity index (χ4v) is 9.17. The van der Waals surface area contributed by atoms with Crippen molar-refractivity contribution in [1.82, 2.24) is 0 Å². The summed E-state index contributed by atoms with van der Waals surface area (Å²) in [7, 11) is 0. The van der Waals surface area contributed by atoms with Crippen LogP contribution in [0, 0.1) is 0 Å². The third-order valence-electron chi connectivity index (χ3n) is 12.5. The molecule has 0 heteroatoms. The van der Waals surface area contributed by atoms with Crippen molar-refractivity contribution in [3.63, 3.8) is 0 Å². The van der Waals surface area contributed by atoms with Crippen LogP contribution in [0.1, 0.15) is 126 Å². The smallest absolute Gasteiger partial charge is 0.0222 e. The molecule has 0 spiro atoms. The molecule has 0 radical (unpaired) electrons. The highest BCUT2D eigenvalue weighted by atomic mass is 14.4. The summed E-state index contributed by atoms with van der Waals surface area (Å²) >= 11 is 0. The van der Waals surface area contributed by atoms with E-state index in [1.807, 2.05) is 0 Å². The lowest BCUT2D eigenvalue weighted by molar-refractivity contribution is 0.331. The first kappa shape index (κ1) is 29.7. The summed E-state index contributed by atoms with van der Waals surface area (Å²) in [4.78, 5) is 0. The third kappa shape index (κ3) is 4.62. The average molecular weight is 603 g/mol. The van der Waals surface area contributed by atoms with Crippen LogP contribution in [0.5, 0.6) is 0 Å². The van der Waals surface area contributed by atoms with Crippen molar-refractivity contribution in [3.05, 3.63) is 127 Å². The van der Waals surface area contributed by atoms with Gasteiger partial charge < -0.3 is 0 Å². The Morgan fingerprint density at radius 2 is 0.652 bits per heavy atom. The first-order valence-corrected chi connectivity index (χ1v) is 17.7. The molecular weight excluding hydrogens is 553 g/mol. The van der Waals surface area contributed by atoms with E-state index in [2.05, 4.69) is 152 Å². The highest BCUT2D eigenvalue weighted by molar-refractivity contribution is 5.79. The zero-order chi connectivity index (χ0) is 32.2. The number of rotatable bonds is 3. The molecule has 0 unspecified atom stereocenters. The predicted molar refractivity (Wildman–Crippen MR) is 197 cm³/mol. The molecule has 0 atom stereocenters. The molecule has 0 aliphatic heterocycles. The topological polar surface area (TPSA) is 0 Å². The average Bonchev–Trinajstić information content (AvgIpc) is 3.64. The molecular formula is C46H50. The lowest BCUT2D eigenvalue weighted by Gasteiger charge is -2.41. The molecule has 8 rings (SSSR count). The van der Waals surface area contributed by atoms with Gasteiger partial charge in [0.1, 0.15) is 0 Å². The normalized spacial score (nSPS) is 21.5. The van der Waals surface area contributed by atoms with Crippen LogP contribution >= 0.6 is 0 Å². The molecule has 4 aromatic rings. The van der Waals surface area contributed by atoms with E-state index < -0.39 is 0 Å². The fraction of sp³-hybridized carbons (Fsp3) is 0.391. The zero-order valence-electron chi connectivity index (χ0n) is 29.2. The van der Waals surface area contributed by atoms with Crippen LogP contribution in [0.2, 0.25) is 0 Å². The Balaban J connectivity index is 1.22. The number of hydrogen-bond donors (Lipinski definition) is 0. The molecule has 4 aliphatic carbocycles. The minimum absolute atomic E-state index is 0.222. The first-order valence-electron chi connectivity index (χ1n) is 17.7. The van der Waals surface area contributed by atoms with Crippen molar-refractivity contribution in [2.45, 2.75) is 115 Å². The van der Waals surface area contributed by atoms with Gasteiger partial charge in [-0.3, -0.25) is 0 Å². The monoisotopic (exact) mass is 602 g/mol. The van der Waals surface area contributed by atoms with E-state index in [4.69, 9.17) is 0 Å². The van der Waals surface area contributed by atoms with Crippen molar-refractivity contribution in [2.75, 3.05) is 0 Å². The van der Waals surface area contributed by atoms with Crippen LogP contribution in [-0.4, -0.2) is 0 Å². The van der Waals surface area contributed by atoms with E-state index in [9.17, 15) is 0 Å². The molecule has 0 heterocycles. The van der Waals surface area contributed by atoms with Gasteiger partial charge in [0.25, 0.3) is 0 Å². The summed E-state index contributed by atoms with van der Waals surface area (Å²) in [5, 5.41) is 5.61. The van der Waals surface area contributed by atoms with Gasteiger partial charge in [0.2, 0.25) is 0 Å². The molecule has 46 heavy (non-hydrogen) atoms. The Hall–Kier alpha value is -3.64. The molecule has 0 nitrogen and oxygen atoms in total. The Bertz CT molecular complexity index is 1900. The Morgan fingerprint density at radius 1 is 0.391 bits per heavy atom. The lowest BCUT2D eigenvalue weighted by atomic mass is 9.63. The highest BCUT2D eigenvalue weighted by Crippen LogP contribution is 2.46. The van der Waals surface area contributed by atoms with Gasteiger partial charge in [-0.15, -0.1) is 0 Å². The largest absolute Gasteiger partial charge is 0.0653 e. The Morgan fingerprint density at radius 3 is 0.935 bits per heavy atom. The van der Waals surface area contributed by atoms with Crippen LogP contribution in [0.15, 0.2) is 72.8 Å². The van der Waals surface area contributed by atoms with E-state index in [0.29, 0.717) is 0 Å². The number of hydrogen-bond acceptors (Lipinski definition) is 0. The van der Waals surface area contributed by atoms with Gasteiger partial charge in [-0.25, -0.2) is 0 Å². The van der Waals surface area contributed by atoms with Crippen LogP contribution in [-0.2, 0) is 21.7 Å². The van der Waals surface area contributed by atoms with Crippen molar-refractivity contribution in [2.24, 2.45) is 0 Å². The number of fused-ring (bicyclic) bond motifs is 4. The van der Waals surface area contributed by atoms with E-state index in [0.717, 1.165) is 0 Å². The summed E-state index contributed by atoms with van der Waals surface area (Å²) in [6, 6.07) is 28.4. The summed E-state index contributed by atoms with van der Waals surface area (Å²) in [5.74, 6) is 0.526. The van der Waals surface area contributed by atoms with E-state index in [1.165, 1.54) is 68.8 Å². The van der Waals surface area contributed by atoms with Crippen LogP contribution in [0.3, 0.4) is 0 Å². The second kappa shape index (κ2) is 9.93. The van der Waals surface area contributed by atoms with E-state index >= 15 is 0 Å². The van der Waals surface area contributed by atoms with E-state index in [-0.39, 0.29) is 33.5 Å². The van der Waals surface area contributed by atoms with E-state index in [1.54, 1.807) is 22.3 Å².